The van der Waals surface area contributed by atoms with Crippen molar-refractivity contribution in [3.8, 4) is 0 Å². The van der Waals surface area contributed by atoms with Crippen LogP contribution in [0.3, 0.4) is 0 Å². The average Bonchev–Trinajstić information content (AvgIpc) is 2.95. The minimum atomic E-state index is -1.06. The number of rotatable bonds is 2. The van der Waals surface area contributed by atoms with Crippen molar-refractivity contribution in [1.82, 2.24) is 0 Å². The molecule has 0 radical (unpaired) electrons. The molecule has 0 heterocycles. The molecule has 1 nitrogen and oxygen atoms in total. The molecule has 4 aromatic carbocycles. The second kappa shape index (κ2) is 5.30. The lowest BCUT2D eigenvalue weighted by Crippen LogP contribution is -2.31. The summed E-state index contributed by atoms with van der Waals surface area (Å²) < 4.78 is 0. The Kier molecular flexibility index (Phi) is 3.06. The molecule has 4 aromatic rings. The average molecular weight is 322 g/mol. The lowest BCUT2D eigenvalue weighted by atomic mass is 9.76. The van der Waals surface area contributed by atoms with Gasteiger partial charge in [-0.2, -0.15) is 0 Å². The van der Waals surface area contributed by atoms with E-state index in [1.807, 2.05) is 54.6 Å². The van der Waals surface area contributed by atoms with Crippen molar-refractivity contribution in [2.24, 2.45) is 0 Å². The fourth-order valence-electron chi connectivity index (χ4n) is 4.39. The third-order valence-corrected chi connectivity index (χ3v) is 5.42. The minimum absolute atomic E-state index is 0.114. The summed E-state index contributed by atoms with van der Waals surface area (Å²) in [5.41, 5.74) is 3.21. The lowest BCUT2D eigenvalue weighted by Gasteiger charge is -2.33. The first-order valence-electron chi connectivity index (χ1n) is 8.65. The molecule has 0 saturated carbocycles. The fourth-order valence-corrected chi connectivity index (χ4v) is 4.39. The summed E-state index contributed by atoms with van der Waals surface area (Å²) in [6.07, 6.45) is 0. The number of hydrogen-bond donors (Lipinski definition) is 1. The number of benzene rings is 4. The SMILES string of the molecule is OC1(c2ccccc2)c2cccc3cccc(c23)C1c1ccccc1. The van der Waals surface area contributed by atoms with Crippen LogP contribution in [0.5, 0.6) is 0 Å². The van der Waals surface area contributed by atoms with Gasteiger partial charge in [-0.25, -0.2) is 0 Å². The predicted octanol–water partition coefficient (Wildman–Crippen LogP) is 5.22. The maximum Gasteiger partial charge on any atom is 0.126 e. The largest absolute Gasteiger partial charge is 0.379 e. The highest BCUT2D eigenvalue weighted by molar-refractivity contribution is 5.94. The standard InChI is InChI=1S/C24H18O/c25-24(19-13-5-2-6-14-19)21-16-8-12-17-11-7-15-20(22(17)21)23(24)18-9-3-1-4-10-18/h1-16,23,25H. The Balaban J connectivity index is 1.89. The van der Waals surface area contributed by atoms with E-state index in [9.17, 15) is 5.11 Å². The molecule has 0 aliphatic heterocycles. The molecular weight excluding hydrogens is 304 g/mol. The minimum Gasteiger partial charge on any atom is -0.379 e. The van der Waals surface area contributed by atoms with Gasteiger partial charge < -0.3 is 5.11 Å². The summed E-state index contributed by atoms with van der Waals surface area (Å²) >= 11 is 0. The Bertz CT molecular complexity index is 1050. The molecule has 5 rings (SSSR count). The van der Waals surface area contributed by atoms with Crippen molar-refractivity contribution in [3.63, 3.8) is 0 Å². The molecule has 2 atom stereocenters. The van der Waals surface area contributed by atoms with Gasteiger partial charge in [0.05, 0.1) is 0 Å². The third kappa shape index (κ3) is 1.93. The molecule has 1 N–H and O–H groups in total. The van der Waals surface area contributed by atoms with Crippen molar-refractivity contribution in [2.45, 2.75) is 11.5 Å². The number of aliphatic hydroxyl groups is 1. The summed E-state index contributed by atoms with van der Waals surface area (Å²) in [6.45, 7) is 0. The van der Waals surface area contributed by atoms with Crippen LogP contribution in [-0.4, -0.2) is 5.11 Å². The Hall–Kier alpha value is -2.90. The van der Waals surface area contributed by atoms with E-state index in [4.69, 9.17) is 0 Å². The Labute approximate surface area is 147 Å². The van der Waals surface area contributed by atoms with E-state index in [1.54, 1.807) is 0 Å². The van der Waals surface area contributed by atoms with E-state index in [0.717, 1.165) is 16.7 Å². The molecule has 2 unspecified atom stereocenters. The van der Waals surface area contributed by atoms with Gasteiger partial charge in [0.25, 0.3) is 0 Å². The quantitative estimate of drug-likeness (QED) is 0.536. The summed E-state index contributed by atoms with van der Waals surface area (Å²) in [5, 5.41) is 14.5. The van der Waals surface area contributed by atoms with E-state index >= 15 is 0 Å². The molecule has 0 saturated heterocycles. The molecule has 0 fully saturated rings. The Morgan fingerprint density at radius 3 is 2.00 bits per heavy atom. The first kappa shape index (κ1) is 14.4. The van der Waals surface area contributed by atoms with Gasteiger partial charge in [-0.15, -0.1) is 0 Å². The zero-order chi connectivity index (χ0) is 16.9. The Morgan fingerprint density at radius 2 is 1.28 bits per heavy atom. The van der Waals surface area contributed by atoms with Gasteiger partial charge >= 0.3 is 0 Å². The third-order valence-electron chi connectivity index (χ3n) is 5.42. The molecule has 1 aliphatic rings. The maximum absolute atomic E-state index is 12.1. The van der Waals surface area contributed by atoms with Crippen LogP contribution in [0.2, 0.25) is 0 Å². The van der Waals surface area contributed by atoms with E-state index < -0.39 is 5.60 Å². The fraction of sp³-hybridized carbons (Fsp3) is 0.0833. The summed E-state index contributed by atoms with van der Waals surface area (Å²) in [5.74, 6) is -0.114. The lowest BCUT2D eigenvalue weighted by molar-refractivity contribution is 0.0700. The molecule has 0 bridgehead atoms. The zero-order valence-corrected chi connectivity index (χ0v) is 13.8. The first-order valence-corrected chi connectivity index (χ1v) is 8.65. The van der Waals surface area contributed by atoms with E-state index in [0.29, 0.717) is 0 Å². The highest BCUT2D eigenvalue weighted by atomic mass is 16.3. The van der Waals surface area contributed by atoms with Gasteiger partial charge in [-0.05, 0) is 33.0 Å². The van der Waals surface area contributed by atoms with E-state index in [1.165, 1.54) is 16.3 Å². The molecule has 1 heteroatoms. The second-order valence-electron chi connectivity index (χ2n) is 6.73. The van der Waals surface area contributed by atoms with Crippen LogP contribution in [0.1, 0.15) is 28.2 Å². The van der Waals surface area contributed by atoms with Gasteiger partial charge in [-0.1, -0.05) is 97.1 Å². The van der Waals surface area contributed by atoms with Crippen molar-refractivity contribution in [2.75, 3.05) is 0 Å². The van der Waals surface area contributed by atoms with Crippen LogP contribution in [0.15, 0.2) is 97.1 Å². The van der Waals surface area contributed by atoms with Crippen molar-refractivity contribution in [1.29, 1.82) is 0 Å². The molecule has 1 aliphatic carbocycles. The van der Waals surface area contributed by atoms with Crippen LogP contribution in [0.25, 0.3) is 10.8 Å². The molecule has 0 amide bonds. The van der Waals surface area contributed by atoms with Gasteiger partial charge in [0.1, 0.15) is 5.60 Å². The van der Waals surface area contributed by atoms with Gasteiger partial charge in [0.15, 0.2) is 0 Å². The van der Waals surface area contributed by atoms with Gasteiger partial charge in [0.2, 0.25) is 0 Å². The summed E-state index contributed by atoms with van der Waals surface area (Å²) in [4.78, 5) is 0. The Morgan fingerprint density at radius 1 is 0.640 bits per heavy atom. The molecule has 25 heavy (non-hydrogen) atoms. The zero-order valence-electron chi connectivity index (χ0n) is 13.8. The first-order chi connectivity index (χ1) is 12.3. The van der Waals surface area contributed by atoms with Crippen molar-refractivity contribution < 1.29 is 5.11 Å². The topological polar surface area (TPSA) is 20.2 Å². The van der Waals surface area contributed by atoms with Crippen LogP contribution in [-0.2, 0) is 5.60 Å². The highest BCUT2D eigenvalue weighted by Gasteiger charge is 2.48. The van der Waals surface area contributed by atoms with Crippen molar-refractivity contribution in [3.05, 3.63) is 119 Å². The van der Waals surface area contributed by atoms with Crippen LogP contribution < -0.4 is 0 Å². The summed E-state index contributed by atoms with van der Waals surface area (Å²) in [7, 11) is 0. The smallest absolute Gasteiger partial charge is 0.126 e. The monoisotopic (exact) mass is 322 g/mol. The summed E-state index contributed by atoms with van der Waals surface area (Å²) in [6, 6.07) is 33.0. The maximum atomic E-state index is 12.1. The molecule has 0 aromatic heterocycles. The van der Waals surface area contributed by atoms with Crippen LogP contribution >= 0.6 is 0 Å². The highest BCUT2D eigenvalue weighted by Crippen LogP contribution is 2.55. The van der Waals surface area contributed by atoms with Gasteiger partial charge in [0, 0.05) is 5.92 Å². The van der Waals surface area contributed by atoms with Crippen molar-refractivity contribution >= 4 is 10.8 Å². The predicted molar refractivity (Wildman–Crippen MR) is 102 cm³/mol. The molecular formula is C24H18O. The van der Waals surface area contributed by atoms with E-state index in [2.05, 4.69) is 42.5 Å². The van der Waals surface area contributed by atoms with Gasteiger partial charge in [-0.3, -0.25) is 0 Å². The van der Waals surface area contributed by atoms with Crippen LogP contribution in [0.4, 0.5) is 0 Å². The number of hydrogen-bond acceptors (Lipinski definition) is 1. The molecule has 0 spiro atoms. The normalized spacial score (nSPS) is 21.6. The second-order valence-corrected chi connectivity index (χ2v) is 6.73. The van der Waals surface area contributed by atoms with E-state index in [-0.39, 0.29) is 5.92 Å². The van der Waals surface area contributed by atoms with Crippen LogP contribution in [0, 0.1) is 0 Å². The molecule has 120 valence electrons.